The molecule has 4 unspecified atom stereocenters. The molecule has 10 N–H and O–H groups in total. The first kappa shape index (κ1) is 30.3. The van der Waals surface area contributed by atoms with Gasteiger partial charge in [0.05, 0.1) is 12.6 Å². The molecule has 13 heteroatoms. The maximum Gasteiger partial charge on any atom is 0.326 e. The van der Waals surface area contributed by atoms with E-state index < -0.39 is 60.4 Å². The number of primary amides is 1. The first-order valence-electron chi connectivity index (χ1n) is 12.3. The molecule has 0 spiro atoms. The Hall–Kier alpha value is -3.97. The number of aliphatic carboxylic acids is 1. The summed E-state index contributed by atoms with van der Waals surface area (Å²) < 4.78 is 0. The Bertz CT molecular complexity index is 1150. The number of nitrogens with two attached hydrogens (primary N) is 2. The lowest BCUT2D eigenvalue weighted by Crippen LogP contribution is -2.58. The van der Waals surface area contributed by atoms with E-state index in [0.29, 0.717) is 5.56 Å². The fraction of sp³-hybridized carbons (Fsp3) is 0.480. The highest BCUT2D eigenvalue weighted by Crippen LogP contribution is 2.19. The minimum atomic E-state index is -1.47. The molecule has 38 heavy (non-hydrogen) atoms. The van der Waals surface area contributed by atoms with Crippen LogP contribution in [-0.2, 0) is 30.4 Å². The van der Waals surface area contributed by atoms with Crippen LogP contribution < -0.4 is 27.4 Å². The van der Waals surface area contributed by atoms with E-state index in [4.69, 9.17) is 11.5 Å². The Balaban J connectivity index is 2.07. The molecule has 0 radical (unpaired) electrons. The quantitative estimate of drug-likeness (QED) is 0.140. The molecule has 2 rings (SSSR count). The number of hydrogen-bond donors (Lipinski definition) is 8. The van der Waals surface area contributed by atoms with E-state index in [1.54, 1.807) is 6.20 Å². The van der Waals surface area contributed by atoms with Gasteiger partial charge in [-0.2, -0.15) is 0 Å². The number of amides is 4. The number of carboxylic acid groups (broad SMARTS) is 1. The minimum absolute atomic E-state index is 0.00807. The summed E-state index contributed by atoms with van der Waals surface area (Å²) in [5, 5.41) is 27.5. The topological polar surface area (TPSA) is 230 Å². The number of fused-ring (bicyclic) bond motifs is 1. The third-order valence-corrected chi connectivity index (χ3v) is 5.91. The number of hydrogen-bond acceptors (Lipinski definition) is 7. The van der Waals surface area contributed by atoms with E-state index in [9.17, 15) is 34.2 Å². The summed E-state index contributed by atoms with van der Waals surface area (Å²) in [5.41, 5.74) is 12.3. The normalized spacial score (nSPS) is 14.3. The molecule has 1 aromatic heterocycles. The van der Waals surface area contributed by atoms with Crippen LogP contribution >= 0.6 is 0 Å². The second-order valence-electron chi connectivity index (χ2n) is 9.51. The highest BCUT2D eigenvalue weighted by molar-refractivity contribution is 5.94. The van der Waals surface area contributed by atoms with Crippen molar-refractivity contribution in [3.05, 3.63) is 36.0 Å². The lowest BCUT2D eigenvalue weighted by molar-refractivity contribution is -0.142. The first-order chi connectivity index (χ1) is 17.9. The lowest BCUT2D eigenvalue weighted by atomic mass is 10.0. The van der Waals surface area contributed by atoms with Gasteiger partial charge in [0.2, 0.25) is 23.6 Å². The monoisotopic (exact) mass is 532 g/mol. The van der Waals surface area contributed by atoms with Gasteiger partial charge in [-0.05, 0) is 30.4 Å². The Morgan fingerprint density at radius 2 is 1.55 bits per heavy atom. The second-order valence-corrected chi connectivity index (χ2v) is 9.51. The maximum atomic E-state index is 12.9. The zero-order valence-corrected chi connectivity index (χ0v) is 21.4. The van der Waals surface area contributed by atoms with Crippen molar-refractivity contribution < 1.29 is 34.2 Å². The summed E-state index contributed by atoms with van der Waals surface area (Å²) in [6.07, 6.45) is 1.70. The Labute approximate surface area is 219 Å². The average molecular weight is 533 g/mol. The van der Waals surface area contributed by atoms with Gasteiger partial charge in [-0.15, -0.1) is 0 Å². The van der Waals surface area contributed by atoms with Crippen LogP contribution in [0.4, 0.5) is 0 Å². The van der Waals surface area contributed by atoms with Gasteiger partial charge >= 0.3 is 5.97 Å². The molecule has 4 atom stereocenters. The van der Waals surface area contributed by atoms with Crippen molar-refractivity contribution in [3.63, 3.8) is 0 Å². The van der Waals surface area contributed by atoms with Crippen LogP contribution in [0.15, 0.2) is 30.5 Å². The number of benzene rings is 1. The molecule has 0 fully saturated rings. The van der Waals surface area contributed by atoms with Crippen molar-refractivity contribution in [1.82, 2.24) is 20.9 Å². The van der Waals surface area contributed by atoms with Crippen LogP contribution in [-0.4, -0.2) is 75.6 Å². The number of nitrogens with one attached hydrogen (secondary N) is 4. The predicted molar refractivity (Wildman–Crippen MR) is 138 cm³/mol. The van der Waals surface area contributed by atoms with Crippen LogP contribution in [0.5, 0.6) is 0 Å². The molecule has 0 aliphatic rings. The molecule has 1 aromatic carbocycles. The largest absolute Gasteiger partial charge is 0.480 e. The summed E-state index contributed by atoms with van der Waals surface area (Å²) in [4.78, 5) is 64.1. The molecule has 13 nitrogen and oxygen atoms in total. The van der Waals surface area contributed by atoms with Gasteiger partial charge < -0.3 is 42.6 Å². The van der Waals surface area contributed by atoms with Crippen LogP contribution in [0, 0.1) is 5.92 Å². The molecule has 0 saturated heterocycles. The maximum absolute atomic E-state index is 12.9. The van der Waals surface area contributed by atoms with Crippen molar-refractivity contribution in [3.8, 4) is 0 Å². The van der Waals surface area contributed by atoms with Crippen LogP contribution in [0.2, 0.25) is 0 Å². The number of carbonyl (C=O) groups is 5. The Kier molecular flexibility index (Phi) is 11.2. The molecule has 2 aromatic rings. The van der Waals surface area contributed by atoms with Crippen molar-refractivity contribution >= 4 is 40.5 Å². The highest BCUT2D eigenvalue weighted by atomic mass is 16.4. The Morgan fingerprint density at radius 3 is 2.16 bits per heavy atom. The van der Waals surface area contributed by atoms with E-state index in [2.05, 4.69) is 20.9 Å². The number of rotatable bonds is 15. The van der Waals surface area contributed by atoms with Crippen LogP contribution in [0.25, 0.3) is 10.9 Å². The molecule has 0 aliphatic carbocycles. The lowest BCUT2D eigenvalue weighted by Gasteiger charge is -2.25. The van der Waals surface area contributed by atoms with Crippen molar-refractivity contribution in [2.24, 2.45) is 17.4 Å². The van der Waals surface area contributed by atoms with Gasteiger partial charge in [0.25, 0.3) is 0 Å². The third kappa shape index (κ3) is 8.85. The van der Waals surface area contributed by atoms with Crippen molar-refractivity contribution in [2.75, 3.05) is 6.61 Å². The van der Waals surface area contributed by atoms with Gasteiger partial charge in [0.15, 0.2) is 0 Å². The summed E-state index contributed by atoms with van der Waals surface area (Å²) in [6.45, 7) is 2.83. The first-order valence-corrected chi connectivity index (χ1v) is 12.3. The van der Waals surface area contributed by atoms with Crippen LogP contribution in [0.1, 0.15) is 38.7 Å². The zero-order chi connectivity index (χ0) is 28.4. The molecular formula is C25H36N6O7. The van der Waals surface area contributed by atoms with E-state index in [-0.39, 0.29) is 31.6 Å². The molecule has 0 bridgehead atoms. The number of aliphatic hydroxyl groups excluding tert-OH is 1. The van der Waals surface area contributed by atoms with Crippen LogP contribution in [0.3, 0.4) is 0 Å². The number of H-pyrrole nitrogens is 1. The van der Waals surface area contributed by atoms with Gasteiger partial charge in [0.1, 0.15) is 18.1 Å². The van der Waals surface area contributed by atoms with Gasteiger partial charge in [-0.3, -0.25) is 19.2 Å². The summed E-state index contributed by atoms with van der Waals surface area (Å²) in [5.74, 6) is -4.29. The van der Waals surface area contributed by atoms with Gasteiger partial charge in [-0.1, -0.05) is 32.0 Å². The second kappa shape index (κ2) is 14.1. The van der Waals surface area contributed by atoms with E-state index in [1.807, 2.05) is 38.1 Å². The van der Waals surface area contributed by atoms with E-state index >= 15 is 0 Å². The van der Waals surface area contributed by atoms with E-state index in [1.165, 1.54) is 0 Å². The summed E-state index contributed by atoms with van der Waals surface area (Å²) >= 11 is 0. The number of carboxylic acids is 1. The fourth-order valence-electron chi connectivity index (χ4n) is 3.87. The number of aromatic amines is 1. The summed E-state index contributed by atoms with van der Waals surface area (Å²) in [7, 11) is 0. The summed E-state index contributed by atoms with van der Waals surface area (Å²) in [6, 6.07) is 2.32. The number of carbonyl (C=O) groups excluding carboxylic acids is 4. The molecule has 208 valence electrons. The third-order valence-electron chi connectivity index (χ3n) is 5.91. The molecule has 0 aliphatic heterocycles. The molecule has 4 amide bonds. The SMILES string of the molecule is CC(C)CC(NC(=O)C(N)CCC(N)=O)C(=O)NC(CO)C(=O)NC(Cc1c[nH]c2ccccc12)C(=O)O. The highest BCUT2D eigenvalue weighted by Gasteiger charge is 2.30. The van der Waals surface area contributed by atoms with Gasteiger partial charge in [-0.25, -0.2) is 4.79 Å². The van der Waals surface area contributed by atoms with Crippen molar-refractivity contribution in [1.29, 1.82) is 0 Å². The predicted octanol–water partition coefficient (Wildman–Crippen LogP) is -1.12. The molecule has 1 heterocycles. The Morgan fingerprint density at radius 1 is 0.947 bits per heavy atom. The minimum Gasteiger partial charge on any atom is -0.480 e. The zero-order valence-electron chi connectivity index (χ0n) is 21.4. The smallest absolute Gasteiger partial charge is 0.326 e. The number of aliphatic hydroxyl groups is 1. The number of aromatic nitrogens is 1. The average Bonchev–Trinajstić information content (AvgIpc) is 3.27. The number of para-hydroxylation sites is 1. The molecular weight excluding hydrogens is 496 g/mol. The van der Waals surface area contributed by atoms with Crippen molar-refractivity contribution in [2.45, 2.75) is 63.7 Å². The standard InChI is InChI=1S/C25H36N6O7/c1-13(2)9-18(29-22(34)16(26)7-8-21(27)33)23(35)31-20(12-32)24(36)30-19(25(37)38)10-14-11-28-17-6-4-3-5-15(14)17/h3-6,11,13,16,18-20,28,32H,7-10,12,26H2,1-2H3,(H2,27,33)(H,29,34)(H,30,36)(H,31,35)(H,37,38). The molecule has 0 saturated carbocycles. The van der Waals surface area contributed by atoms with Gasteiger partial charge in [0, 0.05) is 29.9 Å². The van der Waals surface area contributed by atoms with E-state index in [0.717, 1.165) is 10.9 Å². The fourth-order valence-corrected chi connectivity index (χ4v) is 3.87.